The predicted molar refractivity (Wildman–Crippen MR) is 82.6 cm³/mol. The standard InChI is InChI=1S/C13H23N5S/c1-8(2)11-16-12(9(3)13(17-11)18-14)15-7-10-5-4-6-19-10/h8,10H,4-7,14H2,1-3H3,(H2,15,16,17,18). The Hall–Kier alpha value is -1.01. The first-order valence-corrected chi connectivity index (χ1v) is 7.87. The summed E-state index contributed by atoms with van der Waals surface area (Å²) in [5.41, 5.74) is 3.64. The molecule has 19 heavy (non-hydrogen) atoms. The molecule has 1 aromatic rings. The first kappa shape index (κ1) is 14.4. The number of hydrazine groups is 1. The summed E-state index contributed by atoms with van der Waals surface area (Å²) in [6, 6.07) is 0. The quantitative estimate of drug-likeness (QED) is 0.569. The Morgan fingerprint density at radius 1 is 1.37 bits per heavy atom. The number of aromatic nitrogens is 2. The number of hydrogen-bond acceptors (Lipinski definition) is 6. The third-order valence-electron chi connectivity index (χ3n) is 3.34. The molecule has 0 spiro atoms. The van der Waals surface area contributed by atoms with E-state index in [0.29, 0.717) is 11.1 Å². The van der Waals surface area contributed by atoms with Crippen LogP contribution in [0.25, 0.3) is 0 Å². The Bertz CT molecular complexity index is 429. The lowest BCUT2D eigenvalue weighted by Gasteiger charge is -2.16. The zero-order valence-corrected chi connectivity index (χ0v) is 12.7. The van der Waals surface area contributed by atoms with Gasteiger partial charge >= 0.3 is 0 Å². The zero-order chi connectivity index (χ0) is 13.8. The monoisotopic (exact) mass is 281 g/mol. The van der Waals surface area contributed by atoms with Crippen LogP contribution in [0, 0.1) is 6.92 Å². The van der Waals surface area contributed by atoms with E-state index in [-0.39, 0.29) is 5.92 Å². The van der Waals surface area contributed by atoms with Crippen LogP contribution in [0.2, 0.25) is 0 Å². The number of nitrogens with one attached hydrogen (secondary N) is 2. The molecule has 1 aliphatic rings. The molecule has 0 radical (unpaired) electrons. The number of nitrogen functional groups attached to an aromatic ring is 1. The third-order valence-corrected chi connectivity index (χ3v) is 4.74. The number of nitrogens with zero attached hydrogens (tertiary/aromatic N) is 2. The van der Waals surface area contributed by atoms with Crippen LogP contribution in [0.3, 0.4) is 0 Å². The molecule has 0 bridgehead atoms. The number of rotatable bonds is 5. The van der Waals surface area contributed by atoms with Gasteiger partial charge in [0.2, 0.25) is 0 Å². The van der Waals surface area contributed by atoms with Crippen LogP contribution in [0.4, 0.5) is 11.6 Å². The average Bonchev–Trinajstić information content (AvgIpc) is 2.90. The molecule has 0 amide bonds. The van der Waals surface area contributed by atoms with Gasteiger partial charge in [-0.1, -0.05) is 13.8 Å². The molecule has 106 valence electrons. The van der Waals surface area contributed by atoms with E-state index in [2.05, 4.69) is 34.6 Å². The lowest BCUT2D eigenvalue weighted by atomic mass is 10.2. The maximum Gasteiger partial charge on any atom is 0.148 e. The maximum absolute atomic E-state index is 5.53. The van der Waals surface area contributed by atoms with Crippen molar-refractivity contribution in [3.05, 3.63) is 11.4 Å². The van der Waals surface area contributed by atoms with Gasteiger partial charge in [-0.25, -0.2) is 15.8 Å². The van der Waals surface area contributed by atoms with Gasteiger partial charge in [-0.3, -0.25) is 0 Å². The minimum atomic E-state index is 0.286. The lowest BCUT2D eigenvalue weighted by molar-refractivity contribution is 0.766. The van der Waals surface area contributed by atoms with E-state index >= 15 is 0 Å². The molecule has 0 aromatic carbocycles. The fraction of sp³-hybridized carbons (Fsp3) is 0.692. The Labute approximate surface area is 119 Å². The van der Waals surface area contributed by atoms with Gasteiger partial charge < -0.3 is 10.7 Å². The summed E-state index contributed by atoms with van der Waals surface area (Å²) in [7, 11) is 0. The molecule has 2 rings (SSSR count). The van der Waals surface area contributed by atoms with Crippen LogP contribution in [0.1, 0.15) is 44.0 Å². The molecule has 1 unspecified atom stereocenters. The summed E-state index contributed by atoms with van der Waals surface area (Å²) in [5, 5.41) is 4.16. The van der Waals surface area contributed by atoms with Crippen LogP contribution < -0.4 is 16.6 Å². The first-order valence-electron chi connectivity index (χ1n) is 6.82. The van der Waals surface area contributed by atoms with Crippen molar-refractivity contribution in [2.24, 2.45) is 5.84 Å². The van der Waals surface area contributed by atoms with Crippen LogP contribution >= 0.6 is 11.8 Å². The van der Waals surface area contributed by atoms with Crippen LogP contribution in [0.15, 0.2) is 0 Å². The minimum Gasteiger partial charge on any atom is -0.369 e. The van der Waals surface area contributed by atoms with Gasteiger partial charge in [-0.15, -0.1) is 0 Å². The van der Waals surface area contributed by atoms with Gasteiger partial charge in [-0.2, -0.15) is 11.8 Å². The Kier molecular flexibility index (Phi) is 4.87. The largest absolute Gasteiger partial charge is 0.369 e. The second-order valence-corrected chi connectivity index (χ2v) is 6.63. The number of nitrogens with two attached hydrogens (primary N) is 1. The Balaban J connectivity index is 2.14. The van der Waals surface area contributed by atoms with Crippen molar-refractivity contribution in [2.45, 2.75) is 44.8 Å². The average molecular weight is 281 g/mol. The highest BCUT2D eigenvalue weighted by atomic mass is 32.2. The minimum absolute atomic E-state index is 0.286. The summed E-state index contributed by atoms with van der Waals surface area (Å²) in [6.07, 6.45) is 2.62. The van der Waals surface area contributed by atoms with Crippen molar-refractivity contribution in [1.29, 1.82) is 0 Å². The molecule has 1 saturated heterocycles. The van der Waals surface area contributed by atoms with E-state index in [0.717, 1.165) is 23.8 Å². The van der Waals surface area contributed by atoms with Crippen molar-refractivity contribution >= 4 is 23.4 Å². The number of hydrogen-bond donors (Lipinski definition) is 3. The Morgan fingerprint density at radius 3 is 2.68 bits per heavy atom. The molecular formula is C13H23N5S. The summed E-state index contributed by atoms with van der Waals surface area (Å²) in [5.74, 6) is 9.53. The fourth-order valence-corrected chi connectivity index (χ4v) is 3.32. The maximum atomic E-state index is 5.53. The lowest BCUT2D eigenvalue weighted by Crippen LogP contribution is -2.19. The van der Waals surface area contributed by atoms with E-state index in [1.807, 2.05) is 18.7 Å². The normalized spacial score (nSPS) is 18.9. The van der Waals surface area contributed by atoms with Gasteiger partial charge in [-0.05, 0) is 25.5 Å². The van der Waals surface area contributed by atoms with Crippen molar-refractivity contribution in [3.63, 3.8) is 0 Å². The molecule has 4 N–H and O–H groups in total. The van der Waals surface area contributed by atoms with Gasteiger partial charge in [0, 0.05) is 23.3 Å². The van der Waals surface area contributed by atoms with Crippen molar-refractivity contribution in [1.82, 2.24) is 9.97 Å². The van der Waals surface area contributed by atoms with E-state index < -0.39 is 0 Å². The molecular weight excluding hydrogens is 258 g/mol. The smallest absolute Gasteiger partial charge is 0.148 e. The topological polar surface area (TPSA) is 75.9 Å². The highest BCUT2D eigenvalue weighted by Gasteiger charge is 2.17. The second kappa shape index (κ2) is 6.43. The van der Waals surface area contributed by atoms with Crippen LogP contribution in [-0.4, -0.2) is 27.5 Å². The third kappa shape index (κ3) is 3.51. The highest BCUT2D eigenvalue weighted by Crippen LogP contribution is 2.27. The SMILES string of the molecule is Cc1c(NN)nc(C(C)C)nc1NCC1CCCS1. The summed E-state index contributed by atoms with van der Waals surface area (Å²) in [6.45, 7) is 7.12. The molecule has 1 fully saturated rings. The second-order valence-electron chi connectivity index (χ2n) is 5.22. The van der Waals surface area contributed by atoms with Gasteiger partial charge in [0.1, 0.15) is 17.5 Å². The molecule has 5 nitrogen and oxygen atoms in total. The Morgan fingerprint density at radius 2 is 2.11 bits per heavy atom. The predicted octanol–water partition coefficient (Wildman–Crippen LogP) is 2.50. The van der Waals surface area contributed by atoms with Crippen LogP contribution in [0.5, 0.6) is 0 Å². The van der Waals surface area contributed by atoms with Gasteiger partial charge in [0.25, 0.3) is 0 Å². The molecule has 1 atom stereocenters. The van der Waals surface area contributed by atoms with E-state index in [1.165, 1.54) is 18.6 Å². The molecule has 1 aliphatic heterocycles. The van der Waals surface area contributed by atoms with Crippen LogP contribution in [-0.2, 0) is 0 Å². The zero-order valence-electron chi connectivity index (χ0n) is 11.9. The molecule has 2 heterocycles. The van der Waals surface area contributed by atoms with E-state index in [1.54, 1.807) is 0 Å². The van der Waals surface area contributed by atoms with Crippen molar-refractivity contribution in [2.75, 3.05) is 23.0 Å². The molecule has 1 aromatic heterocycles. The highest BCUT2D eigenvalue weighted by molar-refractivity contribution is 8.00. The fourth-order valence-electron chi connectivity index (χ4n) is 2.12. The molecule has 0 saturated carbocycles. The summed E-state index contributed by atoms with van der Waals surface area (Å²) in [4.78, 5) is 9.05. The van der Waals surface area contributed by atoms with Crippen molar-refractivity contribution in [3.8, 4) is 0 Å². The van der Waals surface area contributed by atoms with Gasteiger partial charge in [0.15, 0.2) is 0 Å². The molecule has 0 aliphatic carbocycles. The number of thioether (sulfide) groups is 1. The van der Waals surface area contributed by atoms with Gasteiger partial charge in [0.05, 0.1) is 0 Å². The number of anilines is 2. The summed E-state index contributed by atoms with van der Waals surface area (Å²) >= 11 is 2.04. The van der Waals surface area contributed by atoms with E-state index in [4.69, 9.17) is 5.84 Å². The van der Waals surface area contributed by atoms with Crippen molar-refractivity contribution < 1.29 is 0 Å². The summed E-state index contributed by atoms with van der Waals surface area (Å²) < 4.78 is 0. The molecule has 6 heteroatoms. The van der Waals surface area contributed by atoms with E-state index in [9.17, 15) is 0 Å². The first-order chi connectivity index (χ1) is 9.11.